The number of hydrogen-bond acceptors (Lipinski definition) is 5. The lowest BCUT2D eigenvalue weighted by Gasteiger charge is -2.20. The maximum absolute atomic E-state index is 10.2. The molecular formula is C10H13N3O2. The summed E-state index contributed by atoms with van der Waals surface area (Å²) >= 11 is 0. The van der Waals surface area contributed by atoms with Crippen molar-refractivity contribution in [2.24, 2.45) is 5.18 Å². The van der Waals surface area contributed by atoms with E-state index in [0.29, 0.717) is 19.2 Å². The molecule has 0 N–H and O–H groups in total. The second kappa shape index (κ2) is 5.80. The van der Waals surface area contributed by atoms with Crippen molar-refractivity contribution in [3.63, 3.8) is 0 Å². The number of rotatable bonds is 5. The van der Waals surface area contributed by atoms with E-state index in [1.54, 1.807) is 15.9 Å². The molecule has 0 spiro atoms. The zero-order chi connectivity index (χ0) is 11.1. The fourth-order valence-electron chi connectivity index (χ4n) is 1.13. The van der Waals surface area contributed by atoms with Gasteiger partial charge in [-0.25, -0.2) is 0 Å². The lowest BCUT2D eigenvalue weighted by Crippen LogP contribution is -2.22. The third-order valence-corrected chi connectivity index (χ3v) is 1.87. The summed E-state index contributed by atoms with van der Waals surface area (Å²) in [6.45, 7) is 4.23. The molecule has 0 bridgehead atoms. The second-order valence-corrected chi connectivity index (χ2v) is 2.88. The first-order valence-electron chi connectivity index (χ1n) is 4.42. The molecule has 0 saturated heterocycles. The third kappa shape index (κ3) is 3.09. The minimum Gasteiger partial charge on any atom is -0.356 e. The Morgan fingerprint density at radius 2 is 2.47 bits per heavy atom. The van der Waals surface area contributed by atoms with E-state index in [4.69, 9.17) is 4.74 Å². The lowest BCUT2D eigenvalue weighted by atomic mass is 10.6. The predicted octanol–water partition coefficient (Wildman–Crippen LogP) is 1.59. The lowest BCUT2D eigenvalue weighted by molar-refractivity contribution is 0.0850. The Balaban J connectivity index is 2.47. The maximum atomic E-state index is 10.2. The summed E-state index contributed by atoms with van der Waals surface area (Å²) in [6, 6.07) is 0. The molecule has 0 atom stereocenters. The largest absolute Gasteiger partial charge is 0.356 e. The molecule has 0 saturated carbocycles. The Bertz CT molecular complexity index is 330. The van der Waals surface area contributed by atoms with E-state index in [-0.39, 0.29) is 0 Å². The van der Waals surface area contributed by atoms with Crippen LogP contribution in [0.2, 0.25) is 0 Å². The minimum absolute atomic E-state index is 0.361. The SMILES string of the molecule is C=C=CCOCN1C=CN(C)/C1=C/N=O. The summed E-state index contributed by atoms with van der Waals surface area (Å²) in [5.41, 5.74) is 2.61. The van der Waals surface area contributed by atoms with Crippen LogP contribution < -0.4 is 0 Å². The molecule has 5 heteroatoms. The fraction of sp³-hybridized carbons (Fsp3) is 0.300. The Kier molecular flexibility index (Phi) is 4.34. The maximum Gasteiger partial charge on any atom is 0.136 e. The highest BCUT2D eigenvalue weighted by Gasteiger charge is 2.16. The van der Waals surface area contributed by atoms with E-state index in [0.717, 1.165) is 0 Å². The van der Waals surface area contributed by atoms with Gasteiger partial charge in [0.05, 0.1) is 6.61 Å². The monoisotopic (exact) mass is 207 g/mol. The molecule has 5 nitrogen and oxygen atoms in total. The average molecular weight is 207 g/mol. The third-order valence-electron chi connectivity index (χ3n) is 1.87. The van der Waals surface area contributed by atoms with Gasteiger partial charge in [0.15, 0.2) is 0 Å². The Morgan fingerprint density at radius 1 is 1.67 bits per heavy atom. The van der Waals surface area contributed by atoms with Crippen LogP contribution in [0.25, 0.3) is 0 Å². The summed E-state index contributed by atoms with van der Waals surface area (Å²) in [5.74, 6) is 0.688. The van der Waals surface area contributed by atoms with Crippen molar-refractivity contribution in [2.45, 2.75) is 0 Å². The molecule has 0 aromatic rings. The Hall–Kier alpha value is -1.84. The van der Waals surface area contributed by atoms with Crippen molar-refractivity contribution in [3.05, 3.63) is 47.7 Å². The van der Waals surface area contributed by atoms with Crippen molar-refractivity contribution in [3.8, 4) is 0 Å². The number of nitroso groups, excluding NO2 is 1. The summed E-state index contributed by atoms with van der Waals surface area (Å²) in [5, 5.41) is 2.74. The topological polar surface area (TPSA) is 45.1 Å². The first-order chi connectivity index (χ1) is 7.29. The van der Waals surface area contributed by atoms with Crippen molar-refractivity contribution >= 4 is 0 Å². The minimum atomic E-state index is 0.361. The van der Waals surface area contributed by atoms with E-state index >= 15 is 0 Å². The molecular weight excluding hydrogens is 194 g/mol. The summed E-state index contributed by atoms with van der Waals surface area (Å²) < 4.78 is 5.29. The summed E-state index contributed by atoms with van der Waals surface area (Å²) in [6.07, 6.45) is 6.57. The average Bonchev–Trinajstić information content (AvgIpc) is 2.57. The molecule has 0 radical (unpaired) electrons. The van der Waals surface area contributed by atoms with Gasteiger partial charge in [-0.05, 0) is 11.3 Å². The Labute approximate surface area is 88.6 Å². The highest BCUT2D eigenvalue weighted by Crippen LogP contribution is 2.17. The normalized spacial score (nSPS) is 17.0. The first kappa shape index (κ1) is 11.2. The first-order valence-corrected chi connectivity index (χ1v) is 4.42. The van der Waals surface area contributed by atoms with E-state index in [9.17, 15) is 4.91 Å². The van der Waals surface area contributed by atoms with E-state index in [1.165, 1.54) is 6.20 Å². The van der Waals surface area contributed by atoms with Gasteiger partial charge in [0, 0.05) is 19.4 Å². The molecule has 0 unspecified atom stereocenters. The van der Waals surface area contributed by atoms with E-state index < -0.39 is 0 Å². The molecule has 15 heavy (non-hydrogen) atoms. The van der Waals surface area contributed by atoms with Crippen LogP contribution in [0, 0.1) is 4.91 Å². The molecule has 0 aromatic heterocycles. The molecule has 80 valence electrons. The van der Waals surface area contributed by atoms with Crippen LogP contribution in [0.15, 0.2) is 48.0 Å². The molecule has 1 aliphatic rings. The molecule has 1 aliphatic heterocycles. The van der Waals surface area contributed by atoms with Crippen molar-refractivity contribution in [2.75, 3.05) is 20.4 Å². The molecule has 0 aliphatic carbocycles. The van der Waals surface area contributed by atoms with Crippen molar-refractivity contribution < 1.29 is 4.74 Å². The van der Waals surface area contributed by atoms with Crippen LogP contribution in [-0.2, 0) is 4.74 Å². The summed E-state index contributed by atoms with van der Waals surface area (Å²) in [7, 11) is 1.83. The van der Waals surface area contributed by atoms with Gasteiger partial charge in [-0.3, -0.25) is 0 Å². The van der Waals surface area contributed by atoms with Crippen LogP contribution in [0.1, 0.15) is 0 Å². The highest BCUT2D eigenvalue weighted by atomic mass is 16.5. The van der Waals surface area contributed by atoms with Crippen molar-refractivity contribution in [1.29, 1.82) is 0 Å². The van der Waals surface area contributed by atoms with Crippen LogP contribution in [0.5, 0.6) is 0 Å². The zero-order valence-electron chi connectivity index (χ0n) is 8.59. The van der Waals surface area contributed by atoms with E-state index in [1.807, 2.05) is 19.4 Å². The number of ether oxygens (including phenoxy) is 1. The molecule has 1 rings (SSSR count). The van der Waals surface area contributed by atoms with Gasteiger partial charge in [0.25, 0.3) is 0 Å². The zero-order valence-corrected chi connectivity index (χ0v) is 8.59. The predicted molar refractivity (Wildman–Crippen MR) is 57.1 cm³/mol. The van der Waals surface area contributed by atoms with Crippen LogP contribution in [0.4, 0.5) is 0 Å². The van der Waals surface area contributed by atoms with Gasteiger partial charge in [-0.1, -0.05) is 6.58 Å². The molecule has 1 heterocycles. The molecule has 0 aromatic carbocycles. The van der Waals surface area contributed by atoms with Gasteiger partial charge in [-0.15, -0.1) is 10.6 Å². The standard InChI is InChI=1S/C10H13N3O2/c1-3-4-7-15-9-13-6-5-12(2)10(13)8-11-14/h4-6,8H,1,7,9H2,2H3/b10-8-. The van der Waals surface area contributed by atoms with Gasteiger partial charge in [0.1, 0.15) is 18.8 Å². The van der Waals surface area contributed by atoms with Crippen LogP contribution in [-0.4, -0.2) is 30.2 Å². The number of nitrogens with zero attached hydrogens (tertiary/aromatic N) is 3. The van der Waals surface area contributed by atoms with Crippen LogP contribution >= 0.6 is 0 Å². The van der Waals surface area contributed by atoms with Crippen LogP contribution in [0.3, 0.4) is 0 Å². The van der Waals surface area contributed by atoms with Gasteiger partial charge >= 0.3 is 0 Å². The van der Waals surface area contributed by atoms with E-state index in [2.05, 4.69) is 17.5 Å². The van der Waals surface area contributed by atoms with Gasteiger partial charge < -0.3 is 14.5 Å². The smallest absolute Gasteiger partial charge is 0.136 e. The molecule has 0 amide bonds. The Morgan fingerprint density at radius 3 is 3.13 bits per heavy atom. The summed E-state index contributed by atoms with van der Waals surface area (Å²) in [4.78, 5) is 13.7. The quantitative estimate of drug-likeness (QED) is 0.390. The number of hydrogen-bond donors (Lipinski definition) is 0. The highest BCUT2D eigenvalue weighted by molar-refractivity contribution is 5.12. The van der Waals surface area contributed by atoms with Gasteiger partial charge in [0.2, 0.25) is 0 Å². The van der Waals surface area contributed by atoms with Gasteiger partial charge in [-0.2, -0.15) is 0 Å². The second-order valence-electron chi connectivity index (χ2n) is 2.88. The fourth-order valence-corrected chi connectivity index (χ4v) is 1.13. The molecule has 0 fully saturated rings. The van der Waals surface area contributed by atoms with Crippen molar-refractivity contribution in [1.82, 2.24) is 9.80 Å².